The molecule has 0 spiro atoms. The lowest BCUT2D eigenvalue weighted by atomic mass is 10.2. The van der Waals surface area contributed by atoms with Gasteiger partial charge in [-0.1, -0.05) is 6.07 Å². The molecule has 2 amide bonds. The number of sulfonamides is 1. The minimum Gasteiger partial charge on any atom is -0.494 e. The summed E-state index contributed by atoms with van der Waals surface area (Å²) in [7, 11) is -0.829. The van der Waals surface area contributed by atoms with Gasteiger partial charge in [0.1, 0.15) is 5.75 Å². The van der Waals surface area contributed by atoms with Crippen LogP contribution in [-0.2, 0) is 14.8 Å². The normalized spacial score (nSPS) is 11.1. The van der Waals surface area contributed by atoms with Gasteiger partial charge in [0.25, 0.3) is 5.91 Å². The maximum atomic E-state index is 12.3. The van der Waals surface area contributed by atoms with E-state index in [4.69, 9.17) is 4.74 Å². The maximum absolute atomic E-state index is 12.3. The van der Waals surface area contributed by atoms with Gasteiger partial charge < -0.3 is 15.4 Å². The van der Waals surface area contributed by atoms with Gasteiger partial charge in [0.15, 0.2) is 0 Å². The van der Waals surface area contributed by atoms with Crippen LogP contribution in [0.3, 0.4) is 0 Å². The van der Waals surface area contributed by atoms with Crippen LogP contribution in [0.2, 0.25) is 0 Å². The molecule has 0 aromatic heterocycles. The number of anilines is 1. The van der Waals surface area contributed by atoms with Crippen molar-refractivity contribution in [2.45, 2.75) is 11.8 Å². The van der Waals surface area contributed by atoms with Crippen molar-refractivity contribution in [1.29, 1.82) is 0 Å². The van der Waals surface area contributed by atoms with E-state index in [0.717, 1.165) is 4.31 Å². The van der Waals surface area contributed by atoms with Crippen molar-refractivity contribution in [3.05, 3.63) is 54.1 Å². The number of carbonyl (C=O) groups is 2. The standard InChI is InChI=1S/C19H23N3O5S/c1-4-27-16-10-8-15(9-11-16)21-18(23)13-20-19(24)14-6-5-7-17(12-14)28(25,26)22(2)3/h5-12H,4,13H2,1-3H3,(H,20,24)(H,21,23). The molecule has 0 aliphatic carbocycles. The quantitative estimate of drug-likeness (QED) is 0.696. The first-order chi connectivity index (χ1) is 13.2. The summed E-state index contributed by atoms with van der Waals surface area (Å²) in [5.41, 5.74) is 0.721. The average molecular weight is 405 g/mol. The summed E-state index contributed by atoms with van der Waals surface area (Å²) in [4.78, 5) is 24.3. The molecule has 150 valence electrons. The Bertz CT molecular complexity index is 940. The number of amides is 2. The van der Waals surface area contributed by atoms with E-state index < -0.39 is 21.8 Å². The highest BCUT2D eigenvalue weighted by molar-refractivity contribution is 7.89. The Hall–Kier alpha value is -2.91. The second kappa shape index (κ2) is 9.34. The van der Waals surface area contributed by atoms with Gasteiger partial charge in [-0.15, -0.1) is 0 Å². The molecule has 0 radical (unpaired) electrons. The van der Waals surface area contributed by atoms with Crippen molar-refractivity contribution in [1.82, 2.24) is 9.62 Å². The average Bonchev–Trinajstić information content (AvgIpc) is 2.68. The minimum atomic E-state index is -3.65. The van der Waals surface area contributed by atoms with Crippen LogP contribution in [-0.4, -0.2) is 51.8 Å². The van der Waals surface area contributed by atoms with E-state index in [-0.39, 0.29) is 17.0 Å². The van der Waals surface area contributed by atoms with Crippen molar-refractivity contribution >= 4 is 27.5 Å². The first-order valence-corrected chi connectivity index (χ1v) is 10.0. The smallest absolute Gasteiger partial charge is 0.251 e. The molecule has 0 unspecified atom stereocenters. The van der Waals surface area contributed by atoms with Crippen molar-refractivity contribution in [2.24, 2.45) is 0 Å². The first kappa shape index (κ1) is 21.4. The predicted octanol–water partition coefficient (Wildman–Crippen LogP) is 1.70. The number of ether oxygens (including phenoxy) is 1. The van der Waals surface area contributed by atoms with Gasteiger partial charge in [0.05, 0.1) is 18.0 Å². The van der Waals surface area contributed by atoms with E-state index in [1.165, 1.54) is 38.4 Å². The van der Waals surface area contributed by atoms with Gasteiger partial charge in [0, 0.05) is 25.3 Å². The zero-order chi connectivity index (χ0) is 20.7. The highest BCUT2D eigenvalue weighted by Gasteiger charge is 2.19. The lowest BCUT2D eigenvalue weighted by Crippen LogP contribution is -2.33. The Morgan fingerprint density at radius 1 is 1.07 bits per heavy atom. The van der Waals surface area contributed by atoms with Crippen LogP contribution in [0.5, 0.6) is 5.75 Å². The first-order valence-electron chi connectivity index (χ1n) is 8.57. The SMILES string of the molecule is CCOc1ccc(NC(=O)CNC(=O)c2cccc(S(=O)(=O)N(C)C)c2)cc1. The number of hydrogen-bond donors (Lipinski definition) is 2. The van der Waals surface area contributed by atoms with Crippen LogP contribution < -0.4 is 15.4 Å². The van der Waals surface area contributed by atoms with Crippen LogP contribution in [0, 0.1) is 0 Å². The van der Waals surface area contributed by atoms with Crippen molar-refractivity contribution in [2.75, 3.05) is 32.6 Å². The highest BCUT2D eigenvalue weighted by Crippen LogP contribution is 2.16. The van der Waals surface area contributed by atoms with Gasteiger partial charge >= 0.3 is 0 Å². The van der Waals surface area contributed by atoms with E-state index in [2.05, 4.69) is 10.6 Å². The molecule has 0 heterocycles. The van der Waals surface area contributed by atoms with Crippen LogP contribution in [0.25, 0.3) is 0 Å². The van der Waals surface area contributed by atoms with Crippen LogP contribution in [0.15, 0.2) is 53.4 Å². The molecule has 2 aromatic carbocycles. The summed E-state index contributed by atoms with van der Waals surface area (Å²) >= 11 is 0. The summed E-state index contributed by atoms with van der Waals surface area (Å²) in [5, 5.41) is 5.13. The molecule has 0 aliphatic heterocycles. The third-order valence-electron chi connectivity index (χ3n) is 3.73. The molecule has 2 aromatic rings. The van der Waals surface area contributed by atoms with Crippen LogP contribution >= 0.6 is 0 Å². The predicted molar refractivity (Wildman–Crippen MR) is 106 cm³/mol. The zero-order valence-corrected chi connectivity index (χ0v) is 16.7. The van der Waals surface area contributed by atoms with E-state index in [0.29, 0.717) is 18.0 Å². The monoisotopic (exact) mass is 405 g/mol. The Morgan fingerprint density at radius 2 is 1.75 bits per heavy atom. The Morgan fingerprint density at radius 3 is 2.36 bits per heavy atom. The van der Waals surface area contributed by atoms with Gasteiger partial charge in [-0.05, 0) is 49.4 Å². The summed E-state index contributed by atoms with van der Waals surface area (Å²) < 4.78 is 30.7. The Balaban J connectivity index is 1.95. The maximum Gasteiger partial charge on any atom is 0.251 e. The number of rotatable bonds is 8. The summed E-state index contributed by atoms with van der Waals surface area (Å²) in [6.45, 7) is 2.18. The lowest BCUT2D eigenvalue weighted by Gasteiger charge is -2.12. The molecular weight excluding hydrogens is 382 g/mol. The van der Waals surface area contributed by atoms with Crippen molar-refractivity contribution < 1.29 is 22.7 Å². The number of carbonyl (C=O) groups excluding carboxylic acids is 2. The molecule has 9 heteroatoms. The molecule has 2 rings (SSSR count). The van der Waals surface area contributed by atoms with Gasteiger partial charge in [0.2, 0.25) is 15.9 Å². The molecule has 0 atom stereocenters. The zero-order valence-electron chi connectivity index (χ0n) is 15.9. The van der Waals surface area contributed by atoms with Crippen LogP contribution in [0.1, 0.15) is 17.3 Å². The van der Waals surface area contributed by atoms with E-state index in [1.54, 1.807) is 24.3 Å². The molecule has 0 saturated heterocycles. The molecule has 0 bridgehead atoms. The number of nitrogens with one attached hydrogen (secondary N) is 2. The van der Waals surface area contributed by atoms with Gasteiger partial charge in [-0.2, -0.15) is 0 Å². The van der Waals surface area contributed by atoms with Crippen LogP contribution in [0.4, 0.5) is 5.69 Å². The summed E-state index contributed by atoms with van der Waals surface area (Å²) in [5.74, 6) is -0.256. The highest BCUT2D eigenvalue weighted by atomic mass is 32.2. The molecule has 0 saturated carbocycles. The fraction of sp³-hybridized carbons (Fsp3) is 0.263. The second-order valence-corrected chi connectivity index (χ2v) is 8.16. The molecule has 2 N–H and O–H groups in total. The third-order valence-corrected chi connectivity index (χ3v) is 5.54. The largest absolute Gasteiger partial charge is 0.494 e. The third kappa shape index (κ3) is 5.54. The number of hydrogen-bond acceptors (Lipinski definition) is 5. The Kier molecular flexibility index (Phi) is 7.13. The van der Waals surface area contributed by atoms with Gasteiger partial charge in [-0.25, -0.2) is 12.7 Å². The van der Waals surface area contributed by atoms with E-state index in [1.807, 2.05) is 6.92 Å². The fourth-order valence-corrected chi connectivity index (χ4v) is 3.23. The van der Waals surface area contributed by atoms with E-state index in [9.17, 15) is 18.0 Å². The number of nitrogens with zero attached hydrogens (tertiary/aromatic N) is 1. The number of benzene rings is 2. The van der Waals surface area contributed by atoms with Gasteiger partial charge in [-0.3, -0.25) is 9.59 Å². The molecule has 8 nitrogen and oxygen atoms in total. The molecule has 0 fully saturated rings. The Labute approximate surface area is 164 Å². The van der Waals surface area contributed by atoms with Crippen molar-refractivity contribution in [3.63, 3.8) is 0 Å². The minimum absolute atomic E-state index is 0.00369. The fourth-order valence-electron chi connectivity index (χ4n) is 2.28. The summed E-state index contributed by atoms with van der Waals surface area (Å²) in [6, 6.07) is 12.5. The molecule has 28 heavy (non-hydrogen) atoms. The topological polar surface area (TPSA) is 105 Å². The summed E-state index contributed by atoms with van der Waals surface area (Å²) in [6.07, 6.45) is 0. The van der Waals surface area contributed by atoms with Crippen molar-refractivity contribution in [3.8, 4) is 5.75 Å². The lowest BCUT2D eigenvalue weighted by molar-refractivity contribution is -0.115. The molecular formula is C19H23N3O5S. The molecule has 0 aliphatic rings. The second-order valence-electron chi connectivity index (χ2n) is 6.00. The van der Waals surface area contributed by atoms with E-state index >= 15 is 0 Å².